The average Bonchev–Trinajstić information content (AvgIpc) is 2.78. The van der Waals surface area contributed by atoms with E-state index in [2.05, 4.69) is 0 Å². The number of Topliss-reactive ketones (excluding diaryl/α,β-unsaturated/α-hetero) is 1. The van der Waals surface area contributed by atoms with Gasteiger partial charge in [-0.3, -0.25) is 4.79 Å². The van der Waals surface area contributed by atoms with E-state index in [4.69, 9.17) is 14.2 Å². The highest BCUT2D eigenvalue weighted by atomic mass is 16.7. The second-order valence-corrected chi connectivity index (χ2v) is 9.55. The molecule has 2 aliphatic heterocycles. The molecule has 34 heavy (non-hydrogen) atoms. The van der Waals surface area contributed by atoms with Gasteiger partial charge in [0, 0.05) is 12.0 Å². The molecule has 10 heteroatoms. The molecule has 1 fully saturated rings. The van der Waals surface area contributed by atoms with Gasteiger partial charge in [-0.15, -0.1) is 0 Å². The minimum Gasteiger partial charge on any atom is -0.507 e. The first kappa shape index (κ1) is 25.5. The summed E-state index contributed by atoms with van der Waals surface area (Å²) in [7, 11) is 0. The van der Waals surface area contributed by atoms with Crippen LogP contribution in [-0.4, -0.2) is 79.5 Å². The zero-order valence-electron chi connectivity index (χ0n) is 19.3. The van der Waals surface area contributed by atoms with E-state index in [1.807, 2.05) is 6.92 Å². The standard InChI is InChI=1S/C24H34O10/c1-10-18-12(9-14-15(25)6-7-16(26)19(14)21(18)29)8-13(32-10)4-3-5-17(27)34-24-23(31)22(30)20(28)11(2)33-24/h9-11,13,15,17,20,22-25,27-31H,3-8H2,1-2H3/t10-,11+,13+,15?,17?,20+,22-,23-,24+/m0/s1. The molecule has 1 aliphatic carbocycles. The lowest BCUT2D eigenvalue weighted by atomic mass is 9.81. The van der Waals surface area contributed by atoms with Gasteiger partial charge in [0.2, 0.25) is 0 Å². The fraction of sp³-hybridized carbons (Fsp3) is 0.708. The molecule has 2 heterocycles. The lowest BCUT2D eigenvalue weighted by Gasteiger charge is -2.39. The predicted molar refractivity (Wildman–Crippen MR) is 117 cm³/mol. The molecule has 190 valence electrons. The molecule has 3 aliphatic rings. The highest BCUT2D eigenvalue weighted by Gasteiger charge is 2.43. The quantitative estimate of drug-likeness (QED) is 0.318. The number of ketones is 1. The summed E-state index contributed by atoms with van der Waals surface area (Å²) < 4.78 is 16.7. The van der Waals surface area contributed by atoms with Crippen molar-refractivity contribution in [2.24, 2.45) is 0 Å². The monoisotopic (exact) mass is 482 g/mol. The summed E-state index contributed by atoms with van der Waals surface area (Å²) in [6, 6.07) is 1.80. The number of phenols is 1. The van der Waals surface area contributed by atoms with Crippen LogP contribution in [0.2, 0.25) is 0 Å². The smallest absolute Gasteiger partial charge is 0.189 e. The SMILES string of the molecule is C[C@@H]1O[C@H](CCCC(O)O[C@H]2O[C@H](C)[C@@H](O)[C@H](O)[C@@H]2O)Cc2cc3c(c(O)c21)C(=O)CCC3O. The maximum Gasteiger partial charge on any atom is 0.189 e. The summed E-state index contributed by atoms with van der Waals surface area (Å²) in [5.74, 6) is -0.272. The highest BCUT2D eigenvalue weighted by Crippen LogP contribution is 2.44. The van der Waals surface area contributed by atoms with Crippen LogP contribution in [0.5, 0.6) is 5.75 Å². The van der Waals surface area contributed by atoms with Crippen molar-refractivity contribution in [2.45, 2.75) is 108 Å². The average molecular weight is 483 g/mol. The van der Waals surface area contributed by atoms with Crippen LogP contribution >= 0.6 is 0 Å². The van der Waals surface area contributed by atoms with E-state index in [-0.39, 0.29) is 36.0 Å². The van der Waals surface area contributed by atoms with Gasteiger partial charge in [0.1, 0.15) is 24.1 Å². The Balaban J connectivity index is 1.34. The van der Waals surface area contributed by atoms with E-state index in [1.54, 1.807) is 6.07 Å². The Labute approximate surface area is 197 Å². The minimum atomic E-state index is -1.49. The minimum absolute atomic E-state index is 0.0985. The fourth-order valence-corrected chi connectivity index (χ4v) is 5.18. The Kier molecular flexibility index (Phi) is 7.61. The van der Waals surface area contributed by atoms with Crippen molar-refractivity contribution in [3.8, 4) is 5.75 Å². The van der Waals surface area contributed by atoms with Crippen molar-refractivity contribution in [3.05, 3.63) is 28.3 Å². The molecule has 9 atom stereocenters. The first-order valence-corrected chi connectivity index (χ1v) is 11.9. The lowest BCUT2D eigenvalue weighted by molar-refractivity contribution is -0.326. The maximum absolute atomic E-state index is 12.3. The number of aliphatic hydroxyl groups is 5. The molecule has 0 bridgehead atoms. The van der Waals surface area contributed by atoms with Gasteiger partial charge in [-0.2, -0.15) is 0 Å². The van der Waals surface area contributed by atoms with Gasteiger partial charge in [-0.1, -0.05) is 6.07 Å². The first-order chi connectivity index (χ1) is 16.1. The maximum atomic E-state index is 12.3. The van der Waals surface area contributed by atoms with E-state index in [0.717, 1.165) is 5.56 Å². The number of aromatic hydroxyl groups is 1. The van der Waals surface area contributed by atoms with E-state index in [1.165, 1.54) is 6.92 Å². The van der Waals surface area contributed by atoms with Gasteiger partial charge in [0.05, 0.1) is 30.0 Å². The van der Waals surface area contributed by atoms with Crippen molar-refractivity contribution in [3.63, 3.8) is 0 Å². The summed E-state index contributed by atoms with van der Waals surface area (Å²) in [6.07, 6.45) is -6.50. The molecule has 0 radical (unpaired) electrons. The molecular formula is C24H34O10. The third-order valence-electron chi connectivity index (χ3n) is 7.07. The zero-order chi connectivity index (χ0) is 24.7. The predicted octanol–water partition coefficient (Wildman–Crippen LogP) is 0.737. The second kappa shape index (κ2) is 10.2. The van der Waals surface area contributed by atoms with E-state index < -0.39 is 49.2 Å². The summed E-state index contributed by atoms with van der Waals surface area (Å²) >= 11 is 0. The van der Waals surface area contributed by atoms with Gasteiger partial charge in [-0.05, 0) is 57.1 Å². The van der Waals surface area contributed by atoms with Gasteiger partial charge in [0.15, 0.2) is 18.4 Å². The van der Waals surface area contributed by atoms with Gasteiger partial charge in [0.25, 0.3) is 0 Å². The Morgan fingerprint density at radius 1 is 1.12 bits per heavy atom. The molecule has 0 spiro atoms. The number of phenolic OH excluding ortho intramolecular Hbond substituents is 1. The Morgan fingerprint density at radius 3 is 2.59 bits per heavy atom. The third-order valence-corrected chi connectivity index (χ3v) is 7.07. The molecule has 1 aromatic rings. The molecule has 4 rings (SSSR count). The van der Waals surface area contributed by atoms with Crippen LogP contribution < -0.4 is 0 Å². The number of fused-ring (bicyclic) bond motifs is 2. The van der Waals surface area contributed by atoms with Gasteiger partial charge >= 0.3 is 0 Å². The van der Waals surface area contributed by atoms with Crippen molar-refractivity contribution < 1.29 is 49.6 Å². The summed E-state index contributed by atoms with van der Waals surface area (Å²) in [5.41, 5.74) is 2.09. The molecule has 6 N–H and O–H groups in total. The topological polar surface area (TPSA) is 166 Å². The summed E-state index contributed by atoms with van der Waals surface area (Å²) in [5, 5.41) is 61.0. The lowest BCUT2D eigenvalue weighted by Crippen LogP contribution is -2.57. The Bertz CT molecular complexity index is 904. The van der Waals surface area contributed by atoms with Crippen LogP contribution in [0, 0.1) is 0 Å². The van der Waals surface area contributed by atoms with Crippen molar-refractivity contribution in [2.75, 3.05) is 0 Å². The summed E-state index contributed by atoms with van der Waals surface area (Å²) in [6.45, 7) is 3.34. The van der Waals surface area contributed by atoms with Crippen LogP contribution in [0.3, 0.4) is 0 Å². The van der Waals surface area contributed by atoms with Gasteiger partial charge < -0.3 is 44.8 Å². The number of carbonyl (C=O) groups is 1. The van der Waals surface area contributed by atoms with E-state index >= 15 is 0 Å². The number of hydrogen-bond acceptors (Lipinski definition) is 10. The molecule has 1 saturated heterocycles. The molecule has 1 aromatic carbocycles. The Morgan fingerprint density at radius 2 is 1.85 bits per heavy atom. The molecular weight excluding hydrogens is 448 g/mol. The fourth-order valence-electron chi connectivity index (χ4n) is 5.18. The third kappa shape index (κ3) is 4.87. The van der Waals surface area contributed by atoms with Crippen molar-refractivity contribution in [1.82, 2.24) is 0 Å². The number of ether oxygens (including phenoxy) is 3. The van der Waals surface area contributed by atoms with Crippen LogP contribution in [-0.2, 0) is 20.6 Å². The number of hydrogen-bond donors (Lipinski definition) is 6. The number of benzene rings is 1. The van der Waals surface area contributed by atoms with E-state index in [9.17, 15) is 35.4 Å². The second-order valence-electron chi connectivity index (χ2n) is 9.55. The highest BCUT2D eigenvalue weighted by molar-refractivity contribution is 6.01. The number of carbonyl (C=O) groups excluding carboxylic acids is 1. The molecule has 0 saturated carbocycles. The zero-order valence-corrected chi connectivity index (χ0v) is 19.3. The van der Waals surface area contributed by atoms with Gasteiger partial charge in [-0.25, -0.2) is 0 Å². The summed E-state index contributed by atoms with van der Waals surface area (Å²) in [4.78, 5) is 12.3. The molecule has 0 aromatic heterocycles. The molecule has 2 unspecified atom stereocenters. The van der Waals surface area contributed by atoms with Crippen LogP contribution in [0.1, 0.15) is 85.2 Å². The van der Waals surface area contributed by atoms with E-state index in [0.29, 0.717) is 36.8 Å². The number of aliphatic hydroxyl groups excluding tert-OH is 5. The first-order valence-electron chi connectivity index (χ1n) is 11.9. The normalized spacial score (nSPS) is 36.6. The number of rotatable bonds is 6. The van der Waals surface area contributed by atoms with Crippen LogP contribution in [0.4, 0.5) is 0 Å². The molecule has 10 nitrogen and oxygen atoms in total. The van der Waals surface area contributed by atoms with Crippen LogP contribution in [0.25, 0.3) is 0 Å². The Hall–Kier alpha value is -1.63. The van der Waals surface area contributed by atoms with Crippen molar-refractivity contribution >= 4 is 5.78 Å². The largest absolute Gasteiger partial charge is 0.507 e. The molecule has 0 amide bonds. The van der Waals surface area contributed by atoms with Crippen molar-refractivity contribution in [1.29, 1.82) is 0 Å². The van der Waals surface area contributed by atoms with Crippen LogP contribution in [0.15, 0.2) is 6.07 Å².